The molecular formula is C19H25N3O3. The Morgan fingerprint density at radius 2 is 2.16 bits per heavy atom. The van der Waals surface area contributed by atoms with Crippen LogP contribution in [0, 0.1) is 11.8 Å². The molecule has 0 fully saturated rings. The van der Waals surface area contributed by atoms with Gasteiger partial charge in [0.15, 0.2) is 5.82 Å². The Kier molecular flexibility index (Phi) is 5.36. The highest BCUT2D eigenvalue weighted by Crippen LogP contribution is 2.27. The lowest BCUT2D eigenvalue weighted by Gasteiger charge is -2.21. The number of nitrogens with zero attached hydrogens (tertiary/aromatic N) is 3. The van der Waals surface area contributed by atoms with Crippen LogP contribution in [-0.2, 0) is 24.2 Å². The first-order valence-corrected chi connectivity index (χ1v) is 8.80. The summed E-state index contributed by atoms with van der Waals surface area (Å²) in [7, 11) is 1.79. The number of carbonyl (C=O) groups excluding carboxylic acids is 1. The smallest absolute Gasteiger partial charge is 0.226 e. The van der Waals surface area contributed by atoms with Crippen molar-refractivity contribution in [3.8, 4) is 5.75 Å². The molecular weight excluding hydrogens is 318 g/mol. The Labute approximate surface area is 148 Å². The predicted octanol–water partition coefficient (Wildman–Crippen LogP) is 2.87. The quantitative estimate of drug-likeness (QED) is 0.835. The zero-order chi connectivity index (χ0) is 17.8. The summed E-state index contributed by atoms with van der Waals surface area (Å²) >= 11 is 0. The molecule has 0 N–H and O–H groups in total. The maximum atomic E-state index is 12.8. The zero-order valence-electron chi connectivity index (χ0n) is 15.1. The number of aromatic nitrogens is 2. The average Bonchev–Trinajstić information content (AvgIpc) is 2.89. The van der Waals surface area contributed by atoms with E-state index in [1.54, 1.807) is 11.9 Å². The summed E-state index contributed by atoms with van der Waals surface area (Å²) in [5.41, 5.74) is 1.09. The van der Waals surface area contributed by atoms with E-state index >= 15 is 0 Å². The van der Waals surface area contributed by atoms with E-state index in [9.17, 15) is 4.79 Å². The first-order valence-electron chi connectivity index (χ1n) is 8.80. The topological polar surface area (TPSA) is 68.5 Å². The minimum atomic E-state index is -0.0873. The lowest BCUT2D eigenvalue weighted by Crippen LogP contribution is -2.34. The molecule has 1 aromatic carbocycles. The second-order valence-electron chi connectivity index (χ2n) is 7.04. The highest BCUT2D eigenvalue weighted by Gasteiger charge is 2.27. The van der Waals surface area contributed by atoms with Crippen LogP contribution in [0.4, 0.5) is 0 Å². The van der Waals surface area contributed by atoms with E-state index in [2.05, 4.69) is 24.0 Å². The highest BCUT2D eigenvalue weighted by molar-refractivity contribution is 5.79. The Morgan fingerprint density at radius 1 is 1.36 bits per heavy atom. The van der Waals surface area contributed by atoms with Gasteiger partial charge in [-0.1, -0.05) is 37.2 Å². The van der Waals surface area contributed by atoms with Crippen molar-refractivity contribution in [1.82, 2.24) is 15.0 Å². The molecule has 0 aliphatic carbocycles. The molecule has 1 aliphatic heterocycles. The van der Waals surface area contributed by atoms with Crippen molar-refractivity contribution < 1.29 is 14.1 Å². The minimum absolute atomic E-state index is 0.0873. The number of fused-ring (bicyclic) bond motifs is 1. The second-order valence-corrected chi connectivity index (χ2v) is 7.04. The van der Waals surface area contributed by atoms with Crippen LogP contribution in [0.1, 0.15) is 37.5 Å². The molecule has 0 radical (unpaired) electrons. The third-order valence-electron chi connectivity index (χ3n) is 4.36. The number of para-hydroxylation sites is 1. The molecule has 0 unspecified atom stereocenters. The molecule has 1 amide bonds. The second kappa shape index (κ2) is 7.68. The number of rotatable bonds is 5. The molecule has 2 heterocycles. The Balaban J connectivity index is 1.63. The first kappa shape index (κ1) is 17.5. The zero-order valence-corrected chi connectivity index (χ0v) is 15.1. The molecule has 134 valence electrons. The van der Waals surface area contributed by atoms with Gasteiger partial charge in [-0.05, 0) is 30.4 Å². The molecule has 0 saturated carbocycles. The van der Waals surface area contributed by atoms with Crippen LogP contribution in [-0.4, -0.2) is 34.6 Å². The summed E-state index contributed by atoms with van der Waals surface area (Å²) in [4.78, 5) is 18.9. The SMILES string of the molecule is CC(C)Cc1nc(CN(C)C(=O)[C@H]2CCOc3ccccc3C2)no1. The summed E-state index contributed by atoms with van der Waals surface area (Å²) < 4.78 is 11.0. The molecule has 1 aromatic heterocycles. The normalized spacial score (nSPS) is 16.9. The van der Waals surface area contributed by atoms with E-state index < -0.39 is 0 Å². The molecule has 0 spiro atoms. The summed E-state index contributed by atoms with van der Waals surface area (Å²) in [6.45, 7) is 5.12. The molecule has 25 heavy (non-hydrogen) atoms. The standard InChI is InChI=1S/C19H25N3O3/c1-13(2)10-18-20-17(21-25-18)12-22(3)19(23)15-8-9-24-16-7-5-4-6-14(16)11-15/h4-7,13,15H,8-12H2,1-3H3/t15-/m0/s1. The van der Waals surface area contributed by atoms with Crippen molar-refractivity contribution in [2.24, 2.45) is 11.8 Å². The van der Waals surface area contributed by atoms with Crippen molar-refractivity contribution in [3.05, 3.63) is 41.5 Å². The van der Waals surface area contributed by atoms with E-state index in [-0.39, 0.29) is 11.8 Å². The van der Waals surface area contributed by atoms with Gasteiger partial charge in [0.05, 0.1) is 13.2 Å². The van der Waals surface area contributed by atoms with Gasteiger partial charge in [0.2, 0.25) is 11.8 Å². The maximum Gasteiger partial charge on any atom is 0.226 e. The largest absolute Gasteiger partial charge is 0.493 e. The van der Waals surface area contributed by atoms with Crippen LogP contribution in [0.25, 0.3) is 0 Å². The van der Waals surface area contributed by atoms with Gasteiger partial charge in [-0.15, -0.1) is 0 Å². The van der Waals surface area contributed by atoms with E-state index in [1.807, 2.05) is 24.3 Å². The van der Waals surface area contributed by atoms with Crippen molar-refractivity contribution in [2.75, 3.05) is 13.7 Å². The third kappa shape index (κ3) is 4.38. The number of hydrogen-bond acceptors (Lipinski definition) is 5. The summed E-state index contributed by atoms with van der Waals surface area (Å²) in [6, 6.07) is 7.92. The predicted molar refractivity (Wildman–Crippen MR) is 93.1 cm³/mol. The van der Waals surface area contributed by atoms with E-state index in [0.717, 1.165) is 17.7 Å². The van der Waals surface area contributed by atoms with Crippen LogP contribution in [0.5, 0.6) is 5.75 Å². The van der Waals surface area contributed by atoms with Crippen LogP contribution < -0.4 is 4.74 Å². The Hall–Kier alpha value is -2.37. The van der Waals surface area contributed by atoms with Gasteiger partial charge in [-0.2, -0.15) is 4.98 Å². The van der Waals surface area contributed by atoms with Gasteiger partial charge in [0.25, 0.3) is 0 Å². The van der Waals surface area contributed by atoms with Gasteiger partial charge in [0, 0.05) is 19.4 Å². The average molecular weight is 343 g/mol. The van der Waals surface area contributed by atoms with Crippen LogP contribution in [0.2, 0.25) is 0 Å². The Morgan fingerprint density at radius 3 is 2.96 bits per heavy atom. The first-order chi connectivity index (χ1) is 12.0. The third-order valence-corrected chi connectivity index (χ3v) is 4.36. The van der Waals surface area contributed by atoms with Crippen molar-refractivity contribution in [2.45, 2.75) is 39.7 Å². The monoisotopic (exact) mass is 343 g/mol. The fourth-order valence-corrected chi connectivity index (χ4v) is 3.09. The van der Waals surface area contributed by atoms with Crippen molar-refractivity contribution >= 4 is 5.91 Å². The van der Waals surface area contributed by atoms with Crippen molar-refractivity contribution in [3.63, 3.8) is 0 Å². The molecule has 6 nitrogen and oxygen atoms in total. The summed E-state index contributed by atoms with van der Waals surface area (Å²) in [5, 5.41) is 3.99. The maximum absolute atomic E-state index is 12.8. The minimum Gasteiger partial charge on any atom is -0.493 e. The van der Waals surface area contributed by atoms with Gasteiger partial charge < -0.3 is 14.2 Å². The fourth-order valence-electron chi connectivity index (χ4n) is 3.09. The molecule has 3 rings (SSSR count). The summed E-state index contributed by atoms with van der Waals surface area (Å²) in [6.07, 6.45) is 2.16. The molecule has 6 heteroatoms. The number of benzene rings is 1. The van der Waals surface area contributed by atoms with Crippen LogP contribution in [0.15, 0.2) is 28.8 Å². The molecule has 2 aromatic rings. The van der Waals surface area contributed by atoms with Crippen molar-refractivity contribution in [1.29, 1.82) is 0 Å². The molecule has 1 atom stereocenters. The molecule has 1 aliphatic rings. The molecule has 0 saturated heterocycles. The van der Waals surface area contributed by atoms with Crippen LogP contribution >= 0.6 is 0 Å². The number of hydrogen-bond donors (Lipinski definition) is 0. The molecule has 0 bridgehead atoms. The number of ether oxygens (including phenoxy) is 1. The fraction of sp³-hybridized carbons (Fsp3) is 0.526. The van der Waals surface area contributed by atoms with E-state index in [4.69, 9.17) is 9.26 Å². The lowest BCUT2D eigenvalue weighted by atomic mass is 9.95. The Bertz CT molecular complexity index is 726. The van der Waals surface area contributed by atoms with Gasteiger partial charge >= 0.3 is 0 Å². The van der Waals surface area contributed by atoms with E-state index in [0.29, 0.717) is 43.6 Å². The van der Waals surface area contributed by atoms with Crippen LogP contribution in [0.3, 0.4) is 0 Å². The van der Waals surface area contributed by atoms with Gasteiger partial charge in [0.1, 0.15) is 5.75 Å². The lowest BCUT2D eigenvalue weighted by molar-refractivity contribution is -0.135. The number of carbonyl (C=O) groups is 1. The number of amides is 1. The van der Waals surface area contributed by atoms with Gasteiger partial charge in [-0.3, -0.25) is 4.79 Å². The van der Waals surface area contributed by atoms with Gasteiger partial charge in [-0.25, -0.2) is 0 Å². The van der Waals surface area contributed by atoms with E-state index in [1.165, 1.54) is 0 Å². The highest BCUT2D eigenvalue weighted by atomic mass is 16.5. The summed E-state index contributed by atoms with van der Waals surface area (Å²) in [5.74, 6) is 2.53.